The van der Waals surface area contributed by atoms with Gasteiger partial charge < -0.3 is 19.7 Å². The number of carbonyl (C=O) groups excluding carboxylic acids is 1. The van der Waals surface area contributed by atoms with Crippen molar-refractivity contribution in [2.75, 3.05) is 44.4 Å². The third-order valence-electron chi connectivity index (χ3n) is 3.71. The molecule has 3 rings (SSSR count). The van der Waals surface area contributed by atoms with E-state index in [0.717, 1.165) is 32.5 Å². The molecule has 2 aliphatic heterocycles. The number of nitrogens with one attached hydrogen (secondary N) is 1. The Kier molecular flexibility index (Phi) is 4.62. The van der Waals surface area contributed by atoms with Crippen LogP contribution in [0.2, 0.25) is 0 Å². The summed E-state index contributed by atoms with van der Waals surface area (Å²) in [6.07, 6.45) is 5.36. The number of anilines is 1. The van der Waals surface area contributed by atoms with Crippen LogP contribution in [0.25, 0.3) is 0 Å². The lowest BCUT2D eigenvalue weighted by Crippen LogP contribution is -2.37. The topological polar surface area (TPSA) is 76.6 Å². The van der Waals surface area contributed by atoms with Crippen molar-refractivity contribution < 1.29 is 14.3 Å². The Morgan fingerprint density at radius 3 is 2.71 bits per heavy atom. The Morgan fingerprint density at radius 2 is 2.05 bits per heavy atom. The van der Waals surface area contributed by atoms with Gasteiger partial charge in [-0.25, -0.2) is 9.97 Å². The molecule has 0 aliphatic carbocycles. The molecular formula is C14H20N4O3. The number of amides is 1. The van der Waals surface area contributed by atoms with Crippen LogP contribution in [0, 0.1) is 0 Å². The van der Waals surface area contributed by atoms with Gasteiger partial charge in [0, 0.05) is 38.6 Å². The van der Waals surface area contributed by atoms with Gasteiger partial charge in [-0.1, -0.05) is 0 Å². The fourth-order valence-corrected chi connectivity index (χ4v) is 2.48. The van der Waals surface area contributed by atoms with Gasteiger partial charge in [-0.2, -0.15) is 0 Å². The molecule has 3 heterocycles. The average molecular weight is 292 g/mol. The van der Waals surface area contributed by atoms with E-state index >= 15 is 0 Å². The number of carbonyl (C=O) groups is 1. The van der Waals surface area contributed by atoms with Crippen LogP contribution in [0.3, 0.4) is 0 Å². The van der Waals surface area contributed by atoms with Crippen molar-refractivity contribution >= 4 is 11.9 Å². The number of morpholine rings is 1. The van der Waals surface area contributed by atoms with Gasteiger partial charge >= 0.3 is 0 Å². The smallest absolute Gasteiger partial charge is 0.254 e. The molecule has 1 unspecified atom stereocenters. The average Bonchev–Trinajstić information content (AvgIpc) is 3.07. The van der Waals surface area contributed by atoms with E-state index in [9.17, 15) is 4.79 Å². The Balaban J connectivity index is 1.54. The Hall–Kier alpha value is -1.73. The molecule has 7 heteroatoms. The zero-order chi connectivity index (χ0) is 14.5. The molecule has 2 aliphatic rings. The van der Waals surface area contributed by atoms with Crippen LogP contribution in [0.4, 0.5) is 5.95 Å². The second-order valence-corrected chi connectivity index (χ2v) is 5.22. The van der Waals surface area contributed by atoms with Crippen LogP contribution >= 0.6 is 0 Å². The molecule has 1 atom stereocenters. The first-order valence-corrected chi connectivity index (χ1v) is 7.37. The number of aromatic nitrogens is 2. The van der Waals surface area contributed by atoms with Crippen LogP contribution in [0.1, 0.15) is 23.2 Å². The molecule has 0 radical (unpaired) electrons. The molecule has 1 aromatic heterocycles. The summed E-state index contributed by atoms with van der Waals surface area (Å²) in [6.45, 7) is 4.27. The summed E-state index contributed by atoms with van der Waals surface area (Å²) in [4.78, 5) is 22.6. The van der Waals surface area contributed by atoms with E-state index in [2.05, 4.69) is 20.2 Å². The van der Waals surface area contributed by atoms with Crippen molar-refractivity contribution in [1.82, 2.24) is 15.3 Å². The van der Waals surface area contributed by atoms with Crippen LogP contribution in [0.15, 0.2) is 12.4 Å². The Morgan fingerprint density at radius 1 is 1.29 bits per heavy atom. The predicted octanol–water partition coefficient (Wildman–Crippen LogP) is 0.222. The predicted molar refractivity (Wildman–Crippen MR) is 76.4 cm³/mol. The van der Waals surface area contributed by atoms with Gasteiger partial charge in [0.2, 0.25) is 5.95 Å². The third-order valence-corrected chi connectivity index (χ3v) is 3.71. The first kappa shape index (κ1) is 14.2. The molecule has 1 amide bonds. The minimum absolute atomic E-state index is 0.141. The van der Waals surface area contributed by atoms with Gasteiger partial charge in [0.05, 0.1) is 24.9 Å². The highest BCUT2D eigenvalue weighted by Gasteiger charge is 2.18. The maximum atomic E-state index is 12.0. The number of rotatable bonds is 4. The summed E-state index contributed by atoms with van der Waals surface area (Å²) in [7, 11) is 0. The van der Waals surface area contributed by atoms with E-state index < -0.39 is 0 Å². The van der Waals surface area contributed by atoms with Crippen molar-refractivity contribution in [2.24, 2.45) is 0 Å². The number of ether oxygens (including phenoxy) is 2. The van der Waals surface area contributed by atoms with E-state index in [1.807, 2.05) is 0 Å². The fourth-order valence-electron chi connectivity index (χ4n) is 2.48. The highest BCUT2D eigenvalue weighted by Crippen LogP contribution is 2.11. The lowest BCUT2D eigenvalue weighted by atomic mass is 10.2. The van der Waals surface area contributed by atoms with Crippen LogP contribution < -0.4 is 10.2 Å². The summed E-state index contributed by atoms with van der Waals surface area (Å²) in [5, 5.41) is 2.86. The van der Waals surface area contributed by atoms with Gasteiger partial charge in [0.15, 0.2) is 0 Å². The molecule has 0 aromatic carbocycles. The van der Waals surface area contributed by atoms with E-state index in [1.54, 1.807) is 12.4 Å². The van der Waals surface area contributed by atoms with Crippen molar-refractivity contribution in [3.63, 3.8) is 0 Å². The van der Waals surface area contributed by atoms with E-state index in [4.69, 9.17) is 9.47 Å². The molecule has 21 heavy (non-hydrogen) atoms. The SMILES string of the molecule is O=C(NCC1CCCO1)c1cnc(N2CCOCC2)nc1. The van der Waals surface area contributed by atoms with Gasteiger partial charge in [-0.15, -0.1) is 0 Å². The van der Waals surface area contributed by atoms with Gasteiger partial charge in [-0.05, 0) is 12.8 Å². The summed E-state index contributed by atoms with van der Waals surface area (Å²) in [5.74, 6) is 0.494. The second-order valence-electron chi connectivity index (χ2n) is 5.22. The maximum absolute atomic E-state index is 12.0. The molecule has 7 nitrogen and oxygen atoms in total. The Bertz CT molecular complexity index is 468. The van der Waals surface area contributed by atoms with Crippen molar-refractivity contribution in [3.05, 3.63) is 18.0 Å². The summed E-state index contributed by atoms with van der Waals surface area (Å²) < 4.78 is 10.8. The molecule has 114 valence electrons. The lowest BCUT2D eigenvalue weighted by molar-refractivity contribution is 0.0857. The summed E-state index contributed by atoms with van der Waals surface area (Å²) >= 11 is 0. The van der Waals surface area contributed by atoms with E-state index in [0.29, 0.717) is 31.3 Å². The van der Waals surface area contributed by atoms with Crippen molar-refractivity contribution in [1.29, 1.82) is 0 Å². The Labute approximate surface area is 123 Å². The van der Waals surface area contributed by atoms with Gasteiger partial charge in [0.1, 0.15) is 0 Å². The maximum Gasteiger partial charge on any atom is 0.254 e. The van der Waals surface area contributed by atoms with Crippen LogP contribution in [0.5, 0.6) is 0 Å². The van der Waals surface area contributed by atoms with Crippen LogP contribution in [-0.2, 0) is 9.47 Å². The molecule has 2 saturated heterocycles. The first-order chi connectivity index (χ1) is 10.3. The monoisotopic (exact) mass is 292 g/mol. The minimum atomic E-state index is -0.154. The molecule has 0 saturated carbocycles. The van der Waals surface area contributed by atoms with Crippen molar-refractivity contribution in [3.8, 4) is 0 Å². The van der Waals surface area contributed by atoms with Crippen molar-refractivity contribution in [2.45, 2.75) is 18.9 Å². The minimum Gasteiger partial charge on any atom is -0.378 e. The normalized spacial score (nSPS) is 22.3. The fraction of sp³-hybridized carbons (Fsp3) is 0.643. The largest absolute Gasteiger partial charge is 0.378 e. The third kappa shape index (κ3) is 3.68. The van der Waals surface area contributed by atoms with E-state index in [-0.39, 0.29) is 12.0 Å². The van der Waals surface area contributed by atoms with Gasteiger partial charge in [0.25, 0.3) is 5.91 Å². The van der Waals surface area contributed by atoms with E-state index in [1.165, 1.54) is 0 Å². The number of hydrogen-bond acceptors (Lipinski definition) is 6. The lowest BCUT2D eigenvalue weighted by Gasteiger charge is -2.26. The summed E-state index contributed by atoms with van der Waals surface area (Å²) in [5.41, 5.74) is 0.477. The highest BCUT2D eigenvalue weighted by molar-refractivity contribution is 5.93. The molecule has 0 spiro atoms. The standard InChI is InChI=1S/C14H20N4O3/c19-13(15-10-12-2-1-5-21-12)11-8-16-14(17-9-11)18-3-6-20-7-4-18/h8-9,12H,1-7,10H2,(H,15,19). The number of nitrogens with zero attached hydrogens (tertiary/aromatic N) is 3. The summed E-state index contributed by atoms with van der Waals surface area (Å²) in [6, 6.07) is 0. The second kappa shape index (κ2) is 6.82. The zero-order valence-electron chi connectivity index (χ0n) is 12.0. The first-order valence-electron chi connectivity index (χ1n) is 7.37. The molecule has 0 bridgehead atoms. The van der Waals surface area contributed by atoms with Crippen LogP contribution in [-0.4, -0.2) is 61.4 Å². The molecule has 1 N–H and O–H groups in total. The molecule has 1 aromatic rings. The van der Waals surface area contributed by atoms with Gasteiger partial charge in [-0.3, -0.25) is 4.79 Å². The zero-order valence-corrected chi connectivity index (χ0v) is 12.0. The quantitative estimate of drug-likeness (QED) is 0.855. The highest BCUT2D eigenvalue weighted by atomic mass is 16.5. The number of hydrogen-bond donors (Lipinski definition) is 1. The molecule has 2 fully saturated rings. The molecular weight excluding hydrogens is 272 g/mol.